The van der Waals surface area contributed by atoms with Crippen molar-refractivity contribution in [3.8, 4) is 11.5 Å². The highest BCUT2D eigenvalue weighted by Gasteiger charge is 2.08. The van der Waals surface area contributed by atoms with Crippen molar-refractivity contribution < 1.29 is 0 Å². The van der Waals surface area contributed by atoms with Crippen LogP contribution in [-0.2, 0) is 0 Å². The van der Waals surface area contributed by atoms with Gasteiger partial charge in [0.05, 0.1) is 12.0 Å². The monoisotopic (exact) mass is 286 g/mol. The van der Waals surface area contributed by atoms with Crippen molar-refractivity contribution in [1.29, 1.82) is 0 Å². The highest BCUT2D eigenvalue weighted by molar-refractivity contribution is 6.83. The lowest BCUT2D eigenvalue weighted by atomic mass is 10.0. The SMILES string of the molecule is CCN(C)C=Nc1cc(C)c(C#C[Si](C)(C)C)cc1C. The molecule has 0 amide bonds. The quantitative estimate of drug-likeness (QED) is 0.353. The Labute approximate surface area is 124 Å². The van der Waals surface area contributed by atoms with Gasteiger partial charge in [0.25, 0.3) is 0 Å². The van der Waals surface area contributed by atoms with Crippen LogP contribution in [0.2, 0.25) is 19.6 Å². The largest absolute Gasteiger partial charge is 0.366 e. The summed E-state index contributed by atoms with van der Waals surface area (Å²) in [5.74, 6) is 3.35. The Kier molecular flexibility index (Phi) is 5.59. The first-order chi connectivity index (χ1) is 9.23. The van der Waals surface area contributed by atoms with E-state index in [1.54, 1.807) is 0 Å². The number of rotatable bonds is 3. The highest BCUT2D eigenvalue weighted by atomic mass is 28.3. The molecule has 2 nitrogen and oxygen atoms in total. The van der Waals surface area contributed by atoms with Gasteiger partial charge in [0.2, 0.25) is 0 Å². The van der Waals surface area contributed by atoms with Gasteiger partial charge in [-0.3, -0.25) is 0 Å². The standard InChI is InChI=1S/C17H26N2Si/c1-8-19(4)13-18-17-12-14(2)16(11-15(17)3)9-10-20(5,6)7/h11-13H,8H2,1-7H3. The summed E-state index contributed by atoms with van der Waals surface area (Å²) in [5, 5.41) is 0. The fraction of sp³-hybridized carbons (Fsp3) is 0.471. The molecule has 0 atom stereocenters. The van der Waals surface area contributed by atoms with Gasteiger partial charge in [-0.1, -0.05) is 25.6 Å². The van der Waals surface area contributed by atoms with Gasteiger partial charge in [-0.2, -0.15) is 0 Å². The van der Waals surface area contributed by atoms with Crippen LogP contribution in [0.15, 0.2) is 17.1 Å². The number of nitrogens with zero attached hydrogens (tertiary/aromatic N) is 2. The van der Waals surface area contributed by atoms with Crippen LogP contribution in [0.3, 0.4) is 0 Å². The molecule has 0 bridgehead atoms. The first-order valence-electron chi connectivity index (χ1n) is 7.12. The minimum Gasteiger partial charge on any atom is -0.366 e. The van der Waals surface area contributed by atoms with Crippen LogP contribution >= 0.6 is 0 Å². The molecule has 0 spiro atoms. The minimum atomic E-state index is -1.33. The van der Waals surface area contributed by atoms with Gasteiger partial charge >= 0.3 is 0 Å². The van der Waals surface area contributed by atoms with Crippen LogP contribution in [0.5, 0.6) is 0 Å². The molecule has 0 unspecified atom stereocenters. The molecular formula is C17H26N2Si. The molecule has 0 fully saturated rings. The average molecular weight is 286 g/mol. The summed E-state index contributed by atoms with van der Waals surface area (Å²) in [5.41, 5.74) is 7.97. The first-order valence-corrected chi connectivity index (χ1v) is 10.6. The summed E-state index contributed by atoms with van der Waals surface area (Å²) in [6.07, 6.45) is 1.88. The fourth-order valence-electron chi connectivity index (χ4n) is 1.57. The average Bonchev–Trinajstić information content (AvgIpc) is 2.36. The van der Waals surface area contributed by atoms with E-state index in [0.29, 0.717) is 0 Å². The van der Waals surface area contributed by atoms with Crippen LogP contribution in [0.1, 0.15) is 23.6 Å². The molecule has 0 saturated carbocycles. The molecule has 0 radical (unpaired) electrons. The van der Waals surface area contributed by atoms with E-state index in [-0.39, 0.29) is 0 Å². The topological polar surface area (TPSA) is 15.6 Å². The maximum absolute atomic E-state index is 4.55. The molecule has 1 rings (SSSR count). The Morgan fingerprint density at radius 2 is 1.85 bits per heavy atom. The van der Waals surface area contributed by atoms with Gasteiger partial charge in [0.1, 0.15) is 8.07 Å². The van der Waals surface area contributed by atoms with E-state index in [4.69, 9.17) is 0 Å². The maximum Gasteiger partial charge on any atom is 0.129 e. The van der Waals surface area contributed by atoms with Gasteiger partial charge in [-0.15, -0.1) is 5.54 Å². The minimum absolute atomic E-state index is 0.960. The third-order valence-corrected chi connectivity index (χ3v) is 3.88. The lowest BCUT2D eigenvalue weighted by Gasteiger charge is -2.10. The van der Waals surface area contributed by atoms with Crippen molar-refractivity contribution in [2.75, 3.05) is 13.6 Å². The molecule has 0 saturated heterocycles. The fourth-order valence-corrected chi connectivity index (χ4v) is 2.08. The van der Waals surface area contributed by atoms with E-state index in [1.165, 1.54) is 11.1 Å². The van der Waals surface area contributed by atoms with Crippen molar-refractivity contribution in [1.82, 2.24) is 4.90 Å². The smallest absolute Gasteiger partial charge is 0.129 e. The van der Waals surface area contributed by atoms with Crippen molar-refractivity contribution in [3.63, 3.8) is 0 Å². The Balaban J connectivity index is 3.08. The van der Waals surface area contributed by atoms with E-state index in [0.717, 1.165) is 17.8 Å². The summed E-state index contributed by atoms with van der Waals surface area (Å²) >= 11 is 0. The summed E-state index contributed by atoms with van der Waals surface area (Å²) in [6, 6.07) is 4.28. The molecule has 0 aromatic heterocycles. The second-order valence-electron chi connectivity index (χ2n) is 6.27. The molecule has 1 aromatic rings. The van der Waals surface area contributed by atoms with E-state index in [1.807, 2.05) is 13.4 Å². The number of aliphatic imine (C=N–C) groups is 1. The number of hydrogen-bond acceptors (Lipinski definition) is 1. The van der Waals surface area contributed by atoms with E-state index < -0.39 is 8.07 Å². The number of benzene rings is 1. The maximum atomic E-state index is 4.55. The van der Waals surface area contributed by atoms with Crippen LogP contribution in [0.4, 0.5) is 5.69 Å². The van der Waals surface area contributed by atoms with E-state index in [2.05, 4.69) is 73.9 Å². The van der Waals surface area contributed by atoms with Crippen molar-refractivity contribution in [3.05, 3.63) is 28.8 Å². The molecule has 0 aliphatic heterocycles. The normalized spacial score (nSPS) is 11.3. The van der Waals surface area contributed by atoms with E-state index >= 15 is 0 Å². The molecule has 1 aromatic carbocycles. The molecule has 0 N–H and O–H groups in total. The predicted octanol–water partition coefficient (Wildman–Crippen LogP) is 4.14. The lowest BCUT2D eigenvalue weighted by Crippen LogP contribution is -2.16. The van der Waals surface area contributed by atoms with Gasteiger partial charge in [0.15, 0.2) is 0 Å². The molecule has 0 heterocycles. The van der Waals surface area contributed by atoms with Crippen LogP contribution in [0, 0.1) is 25.3 Å². The lowest BCUT2D eigenvalue weighted by molar-refractivity contribution is 0.552. The zero-order valence-electron chi connectivity index (χ0n) is 13.8. The van der Waals surface area contributed by atoms with E-state index in [9.17, 15) is 0 Å². The van der Waals surface area contributed by atoms with Crippen molar-refractivity contribution in [2.24, 2.45) is 4.99 Å². The van der Waals surface area contributed by atoms with Crippen LogP contribution in [0.25, 0.3) is 0 Å². The number of aryl methyl sites for hydroxylation is 2. The van der Waals surface area contributed by atoms with Gasteiger partial charge in [-0.05, 0) is 44.0 Å². The Morgan fingerprint density at radius 3 is 2.40 bits per heavy atom. The highest BCUT2D eigenvalue weighted by Crippen LogP contribution is 2.22. The summed E-state index contributed by atoms with van der Waals surface area (Å²) < 4.78 is 0. The zero-order valence-corrected chi connectivity index (χ0v) is 14.8. The Morgan fingerprint density at radius 1 is 1.20 bits per heavy atom. The molecule has 108 valence electrons. The molecule has 0 aliphatic carbocycles. The van der Waals surface area contributed by atoms with Crippen molar-refractivity contribution in [2.45, 2.75) is 40.4 Å². The van der Waals surface area contributed by atoms with Crippen molar-refractivity contribution >= 4 is 20.1 Å². The first kappa shape index (κ1) is 16.5. The Hall–Kier alpha value is -1.53. The molecule has 0 aliphatic rings. The summed E-state index contributed by atoms with van der Waals surface area (Å²) in [4.78, 5) is 6.61. The van der Waals surface area contributed by atoms with Crippen LogP contribution in [-0.4, -0.2) is 32.9 Å². The third-order valence-electron chi connectivity index (χ3n) is 3.01. The van der Waals surface area contributed by atoms with Gasteiger partial charge in [0, 0.05) is 19.2 Å². The molecule has 3 heteroatoms. The Bertz CT molecular complexity index is 557. The van der Waals surface area contributed by atoms with Crippen LogP contribution < -0.4 is 0 Å². The predicted molar refractivity (Wildman–Crippen MR) is 92.6 cm³/mol. The van der Waals surface area contributed by atoms with Gasteiger partial charge in [-0.25, -0.2) is 4.99 Å². The zero-order chi connectivity index (χ0) is 15.3. The van der Waals surface area contributed by atoms with Gasteiger partial charge < -0.3 is 4.90 Å². The summed E-state index contributed by atoms with van der Waals surface area (Å²) in [6.45, 7) is 14.1. The second-order valence-corrected chi connectivity index (χ2v) is 11.0. The second kappa shape index (κ2) is 6.76. The number of hydrogen-bond donors (Lipinski definition) is 0. The third kappa shape index (κ3) is 5.22. The molecule has 20 heavy (non-hydrogen) atoms. The summed E-state index contributed by atoms with van der Waals surface area (Å²) in [7, 11) is 0.701. The molecular weight excluding hydrogens is 260 g/mol.